The van der Waals surface area contributed by atoms with Gasteiger partial charge >= 0.3 is 0 Å². The van der Waals surface area contributed by atoms with Crippen LogP contribution in [0.5, 0.6) is 0 Å². The predicted octanol–water partition coefficient (Wildman–Crippen LogP) is 4.68. The summed E-state index contributed by atoms with van der Waals surface area (Å²) in [5.74, 6) is 1.44. The van der Waals surface area contributed by atoms with Gasteiger partial charge in [-0.15, -0.1) is 0 Å². The van der Waals surface area contributed by atoms with Gasteiger partial charge in [0.15, 0.2) is 11.5 Å². The van der Waals surface area contributed by atoms with Crippen LogP contribution in [0.2, 0.25) is 5.02 Å². The molecule has 1 unspecified atom stereocenters. The van der Waals surface area contributed by atoms with E-state index in [0.29, 0.717) is 5.96 Å². The topological polar surface area (TPSA) is 54.0 Å². The number of fused-ring (bicyclic) bond motifs is 1. The zero-order chi connectivity index (χ0) is 19.8. The van der Waals surface area contributed by atoms with Crippen LogP contribution in [0.4, 0.5) is 0 Å². The molecule has 0 spiro atoms. The van der Waals surface area contributed by atoms with Crippen LogP contribution < -0.4 is 5.73 Å². The maximum atomic E-state index is 6.39. The summed E-state index contributed by atoms with van der Waals surface area (Å²) in [7, 11) is 0. The summed E-state index contributed by atoms with van der Waals surface area (Å²) in [6, 6.07) is 26.6. The Bertz CT molecular complexity index is 1120. The fraction of sp³-hybridized carbons (Fsp3) is 0.167. The standard InChI is InChI=1S/C24H21ClN4/c25-21-12-5-8-18(16-21)17-7-4-11-20(15-17)24(19-9-2-1-3-10-19)22-27-13-6-14-29(22)23(26)28-24/h1-5,7-12,15-16H,6,13-14H2,(H2,26,28). The molecule has 29 heavy (non-hydrogen) atoms. The van der Waals surface area contributed by atoms with Crippen LogP contribution in [-0.4, -0.2) is 29.8 Å². The fourth-order valence-electron chi connectivity index (χ4n) is 4.25. The van der Waals surface area contributed by atoms with E-state index in [0.717, 1.165) is 52.6 Å². The van der Waals surface area contributed by atoms with E-state index in [-0.39, 0.29) is 0 Å². The Hall–Kier alpha value is -3.11. The molecule has 0 aliphatic carbocycles. The first-order chi connectivity index (χ1) is 14.2. The minimum atomic E-state index is -0.736. The predicted molar refractivity (Wildman–Crippen MR) is 119 cm³/mol. The Balaban J connectivity index is 1.74. The molecule has 4 nitrogen and oxygen atoms in total. The molecule has 0 fully saturated rings. The zero-order valence-corrected chi connectivity index (χ0v) is 16.7. The molecule has 2 heterocycles. The Morgan fingerprint density at radius 2 is 1.59 bits per heavy atom. The summed E-state index contributed by atoms with van der Waals surface area (Å²) in [5.41, 5.74) is 9.92. The third kappa shape index (κ3) is 2.91. The van der Waals surface area contributed by atoms with E-state index < -0.39 is 5.54 Å². The lowest BCUT2D eigenvalue weighted by molar-refractivity contribution is 0.531. The van der Waals surface area contributed by atoms with Crippen LogP contribution >= 0.6 is 11.6 Å². The van der Waals surface area contributed by atoms with Crippen molar-refractivity contribution in [1.82, 2.24) is 4.90 Å². The number of aliphatic imine (C=N–C) groups is 2. The van der Waals surface area contributed by atoms with Crippen LogP contribution in [0.15, 0.2) is 88.8 Å². The molecule has 2 N–H and O–H groups in total. The van der Waals surface area contributed by atoms with E-state index in [1.165, 1.54) is 0 Å². The van der Waals surface area contributed by atoms with E-state index in [9.17, 15) is 0 Å². The summed E-state index contributed by atoms with van der Waals surface area (Å²) in [6.45, 7) is 1.63. The highest BCUT2D eigenvalue weighted by atomic mass is 35.5. The number of rotatable bonds is 3. The van der Waals surface area contributed by atoms with Crippen molar-refractivity contribution in [3.63, 3.8) is 0 Å². The SMILES string of the molecule is NC1=NC(c2ccccc2)(c2cccc(-c3cccc(Cl)c3)c2)C2=NCCCN12. The molecular weight excluding hydrogens is 380 g/mol. The van der Waals surface area contributed by atoms with E-state index in [4.69, 9.17) is 27.3 Å². The van der Waals surface area contributed by atoms with Gasteiger partial charge in [-0.1, -0.05) is 72.3 Å². The van der Waals surface area contributed by atoms with Crippen molar-refractivity contribution in [1.29, 1.82) is 0 Å². The highest BCUT2D eigenvalue weighted by molar-refractivity contribution is 6.30. The van der Waals surface area contributed by atoms with Gasteiger partial charge in [-0.05, 0) is 46.9 Å². The molecule has 3 aromatic carbocycles. The van der Waals surface area contributed by atoms with Gasteiger partial charge in [-0.3, -0.25) is 9.89 Å². The first kappa shape index (κ1) is 18.0. The molecule has 3 aromatic rings. The van der Waals surface area contributed by atoms with E-state index in [1.54, 1.807) is 0 Å². The second-order valence-electron chi connectivity index (χ2n) is 7.35. The third-order valence-electron chi connectivity index (χ3n) is 5.57. The van der Waals surface area contributed by atoms with Crippen molar-refractivity contribution >= 4 is 23.4 Å². The molecule has 5 heteroatoms. The average Bonchev–Trinajstić information content (AvgIpc) is 3.08. The lowest BCUT2D eigenvalue weighted by atomic mass is 9.81. The van der Waals surface area contributed by atoms with Crippen molar-refractivity contribution in [2.45, 2.75) is 12.0 Å². The smallest absolute Gasteiger partial charge is 0.198 e. The van der Waals surface area contributed by atoms with Gasteiger partial charge in [0.2, 0.25) is 0 Å². The number of halogens is 1. The second-order valence-corrected chi connectivity index (χ2v) is 7.78. The Labute approximate surface area is 175 Å². The number of benzene rings is 3. The van der Waals surface area contributed by atoms with Gasteiger partial charge in [-0.25, -0.2) is 4.99 Å². The summed E-state index contributed by atoms with van der Waals surface area (Å²) < 4.78 is 0. The Morgan fingerprint density at radius 3 is 2.38 bits per heavy atom. The lowest BCUT2D eigenvalue weighted by Gasteiger charge is -2.33. The molecule has 2 aliphatic heterocycles. The number of hydrogen-bond donors (Lipinski definition) is 1. The first-order valence-corrected chi connectivity index (χ1v) is 10.2. The molecule has 0 amide bonds. The van der Waals surface area contributed by atoms with Crippen LogP contribution in [0, 0.1) is 0 Å². The molecule has 0 bridgehead atoms. The van der Waals surface area contributed by atoms with Gasteiger partial charge < -0.3 is 5.73 Å². The Morgan fingerprint density at radius 1 is 0.862 bits per heavy atom. The summed E-state index contributed by atoms with van der Waals surface area (Å²) in [6.07, 6.45) is 0.979. The second kappa shape index (κ2) is 7.05. The van der Waals surface area contributed by atoms with Gasteiger partial charge in [0.05, 0.1) is 0 Å². The first-order valence-electron chi connectivity index (χ1n) is 9.78. The van der Waals surface area contributed by atoms with Gasteiger partial charge in [0, 0.05) is 18.1 Å². The quantitative estimate of drug-likeness (QED) is 0.693. The summed E-state index contributed by atoms with van der Waals surface area (Å²) in [4.78, 5) is 12.0. The zero-order valence-electron chi connectivity index (χ0n) is 15.9. The minimum Gasteiger partial charge on any atom is -0.369 e. The van der Waals surface area contributed by atoms with Crippen LogP contribution in [-0.2, 0) is 5.54 Å². The van der Waals surface area contributed by atoms with Crippen LogP contribution in [0.3, 0.4) is 0 Å². The molecule has 144 valence electrons. The molecule has 0 saturated heterocycles. The van der Waals surface area contributed by atoms with Crippen LogP contribution in [0.1, 0.15) is 17.5 Å². The maximum absolute atomic E-state index is 6.39. The fourth-order valence-corrected chi connectivity index (χ4v) is 4.44. The minimum absolute atomic E-state index is 0.528. The molecule has 0 saturated carbocycles. The highest BCUT2D eigenvalue weighted by Crippen LogP contribution is 2.42. The summed E-state index contributed by atoms with van der Waals surface area (Å²) in [5, 5.41) is 0.719. The van der Waals surface area contributed by atoms with Gasteiger partial charge in [0.25, 0.3) is 0 Å². The third-order valence-corrected chi connectivity index (χ3v) is 5.80. The van der Waals surface area contributed by atoms with E-state index in [1.807, 2.05) is 36.4 Å². The largest absolute Gasteiger partial charge is 0.369 e. The van der Waals surface area contributed by atoms with Gasteiger partial charge in [0.1, 0.15) is 5.84 Å². The Kier molecular flexibility index (Phi) is 4.36. The lowest BCUT2D eigenvalue weighted by Crippen LogP contribution is -2.46. The number of guanidine groups is 1. The number of nitrogens with two attached hydrogens (primary N) is 1. The maximum Gasteiger partial charge on any atom is 0.198 e. The molecule has 1 atom stereocenters. The molecule has 2 aliphatic rings. The van der Waals surface area contributed by atoms with Crippen molar-refractivity contribution in [3.05, 3.63) is 95.0 Å². The van der Waals surface area contributed by atoms with Crippen molar-refractivity contribution in [3.8, 4) is 11.1 Å². The normalized spacial score (nSPS) is 20.8. The van der Waals surface area contributed by atoms with Gasteiger partial charge in [-0.2, -0.15) is 0 Å². The molecular formula is C24H21ClN4. The molecule has 5 rings (SSSR count). The van der Waals surface area contributed by atoms with Crippen molar-refractivity contribution < 1.29 is 0 Å². The van der Waals surface area contributed by atoms with E-state index in [2.05, 4.69) is 47.4 Å². The average molecular weight is 401 g/mol. The van der Waals surface area contributed by atoms with Crippen molar-refractivity contribution in [2.24, 2.45) is 15.7 Å². The summed E-state index contributed by atoms with van der Waals surface area (Å²) >= 11 is 6.23. The van der Waals surface area contributed by atoms with Crippen molar-refractivity contribution in [2.75, 3.05) is 13.1 Å². The number of nitrogens with zero attached hydrogens (tertiary/aromatic N) is 3. The molecule has 0 radical (unpaired) electrons. The van der Waals surface area contributed by atoms with E-state index >= 15 is 0 Å². The monoisotopic (exact) mass is 400 g/mol. The molecule has 0 aromatic heterocycles. The highest BCUT2D eigenvalue weighted by Gasteiger charge is 2.49. The number of amidine groups is 1. The van der Waals surface area contributed by atoms with Crippen LogP contribution in [0.25, 0.3) is 11.1 Å². The number of hydrogen-bond acceptors (Lipinski definition) is 4.